The Labute approximate surface area is 66.1 Å². The monoisotopic (exact) mass is 243 g/mol. The molecule has 1 amide bonds. The fourth-order valence-electron chi connectivity index (χ4n) is 0.553. The number of hydrogen-bond acceptors (Lipinski definition) is 2. The predicted molar refractivity (Wildman–Crippen MR) is 43.4 cm³/mol. The largest absolute Gasteiger partial charge is 0.324 e. The Morgan fingerprint density at radius 1 is 1.75 bits per heavy atom. The van der Waals surface area contributed by atoms with Crippen LogP contribution in [-0.4, -0.2) is 27.0 Å². The Hall–Kier alpha value is 0.550. The molecule has 0 saturated carbocycles. The van der Waals surface area contributed by atoms with Gasteiger partial charge in [-0.25, -0.2) is 0 Å². The van der Waals surface area contributed by atoms with Crippen molar-refractivity contribution in [2.45, 2.75) is 0 Å². The highest BCUT2D eigenvalue weighted by atomic mass is 127. The molecule has 0 spiro atoms. The highest BCUT2D eigenvalue weighted by Gasteiger charge is 2.14. The minimum absolute atomic E-state index is 0.174. The van der Waals surface area contributed by atoms with E-state index in [4.69, 9.17) is 0 Å². The van der Waals surface area contributed by atoms with Crippen molar-refractivity contribution in [2.24, 2.45) is 0 Å². The van der Waals surface area contributed by atoms with E-state index in [1.54, 1.807) is 0 Å². The zero-order chi connectivity index (χ0) is 5.98. The van der Waals surface area contributed by atoms with Gasteiger partial charge in [0.15, 0.2) is 0 Å². The molecule has 0 unspecified atom stereocenters. The summed E-state index contributed by atoms with van der Waals surface area (Å²) in [5.41, 5.74) is 0. The fraction of sp³-hybridized carbons (Fsp3) is 0.750. The molecule has 1 rings (SSSR count). The van der Waals surface area contributed by atoms with Crippen LogP contribution in [-0.2, 0) is 0 Å². The molecule has 0 aliphatic carbocycles. The van der Waals surface area contributed by atoms with E-state index in [0.29, 0.717) is 0 Å². The van der Waals surface area contributed by atoms with Gasteiger partial charge in [0.25, 0.3) is 3.91 Å². The van der Waals surface area contributed by atoms with Crippen molar-refractivity contribution in [1.82, 2.24) is 4.90 Å². The van der Waals surface area contributed by atoms with Gasteiger partial charge in [0.05, 0.1) is 5.88 Å². The zero-order valence-corrected chi connectivity index (χ0v) is 7.24. The van der Waals surface area contributed by atoms with Crippen molar-refractivity contribution >= 4 is 38.3 Å². The molecule has 1 fully saturated rings. The molecule has 0 aromatic heterocycles. The molecule has 2 nitrogen and oxygen atoms in total. The third-order valence-electron chi connectivity index (χ3n) is 1.00. The molecule has 46 valence electrons. The van der Waals surface area contributed by atoms with Crippen molar-refractivity contribution in [3.05, 3.63) is 0 Å². The average molecular weight is 243 g/mol. The predicted octanol–water partition coefficient (Wildman–Crippen LogP) is 1.55. The molecule has 1 heterocycles. The summed E-state index contributed by atoms with van der Waals surface area (Å²) in [5, 5.41) is 0. The molecule has 0 atom stereocenters. The van der Waals surface area contributed by atoms with Crippen molar-refractivity contribution in [2.75, 3.05) is 18.2 Å². The van der Waals surface area contributed by atoms with Gasteiger partial charge in [0.1, 0.15) is 0 Å². The maximum atomic E-state index is 10.5. The minimum atomic E-state index is 0.174. The molecule has 0 bridgehead atoms. The van der Waals surface area contributed by atoms with E-state index in [-0.39, 0.29) is 3.91 Å². The molecule has 1 aliphatic heterocycles. The summed E-state index contributed by atoms with van der Waals surface area (Å²) < 4.78 is 0.174. The normalized spacial score (nSPS) is 19.4. The van der Waals surface area contributed by atoms with E-state index in [2.05, 4.69) is 0 Å². The fourth-order valence-corrected chi connectivity index (χ4v) is 2.14. The minimum Gasteiger partial charge on any atom is -0.324 e. The molecular formula is C4H6INOS. The van der Waals surface area contributed by atoms with Crippen LogP contribution in [0.15, 0.2) is 0 Å². The Balaban J connectivity index is 2.35. The van der Waals surface area contributed by atoms with Gasteiger partial charge in [-0.3, -0.25) is 4.79 Å². The third kappa shape index (κ3) is 1.51. The first-order valence-electron chi connectivity index (χ1n) is 2.33. The number of carbonyl (C=O) groups is 1. The molecule has 1 saturated heterocycles. The topological polar surface area (TPSA) is 20.3 Å². The van der Waals surface area contributed by atoms with Crippen molar-refractivity contribution in [3.63, 3.8) is 0 Å². The highest BCUT2D eigenvalue weighted by molar-refractivity contribution is 14.1. The number of hydrogen-bond donors (Lipinski definition) is 0. The van der Waals surface area contributed by atoms with Gasteiger partial charge >= 0.3 is 0 Å². The van der Waals surface area contributed by atoms with Crippen LogP contribution in [0.3, 0.4) is 0 Å². The van der Waals surface area contributed by atoms with E-state index in [1.165, 1.54) is 0 Å². The molecule has 1 aliphatic rings. The van der Waals surface area contributed by atoms with Gasteiger partial charge < -0.3 is 4.90 Å². The molecular weight excluding hydrogens is 237 g/mol. The second-order valence-corrected chi connectivity index (χ2v) is 3.55. The van der Waals surface area contributed by atoms with E-state index >= 15 is 0 Å². The second-order valence-electron chi connectivity index (χ2n) is 1.55. The zero-order valence-electron chi connectivity index (χ0n) is 4.26. The first-order valence-corrected chi connectivity index (χ1v) is 4.56. The summed E-state index contributed by atoms with van der Waals surface area (Å²) in [4.78, 5) is 12.4. The lowest BCUT2D eigenvalue weighted by Gasteiger charge is -2.07. The number of thioether (sulfide) groups is 1. The lowest BCUT2D eigenvalue weighted by Crippen LogP contribution is -2.20. The van der Waals surface area contributed by atoms with Crippen molar-refractivity contribution in [3.8, 4) is 0 Å². The second kappa shape index (κ2) is 2.91. The number of carbonyl (C=O) groups excluding carboxylic acids is 1. The summed E-state index contributed by atoms with van der Waals surface area (Å²) in [6.07, 6.45) is 0. The number of rotatable bonds is 0. The molecule has 0 aromatic carbocycles. The Bertz CT molecular complexity index is 102. The first-order chi connectivity index (χ1) is 3.80. The quantitative estimate of drug-likeness (QED) is 0.365. The van der Waals surface area contributed by atoms with E-state index in [0.717, 1.165) is 18.2 Å². The third-order valence-corrected chi connectivity index (χ3v) is 2.65. The maximum Gasteiger partial charge on any atom is 0.283 e. The Kier molecular flexibility index (Phi) is 2.43. The maximum absolute atomic E-state index is 10.5. The van der Waals surface area contributed by atoms with Crippen LogP contribution in [0.4, 0.5) is 4.79 Å². The van der Waals surface area contributed by atoms with Crippen molar-refractivity contribution in [1.29, 1.82) is 0 Å². The van der Waals surface area contributed by atoms with Gasteiger partial charge in [-0.05, 0) is 0 Å². The lowest BCUT2D eigenvalue weighted by atomic mass is 10.7. The summed E-state index contributed by atoms with van der Waals surface area (Å²) in [5.74, 6) is 2.00. The van der Waals surface area contributed by atoms with Crippen molar-refractivity contribution < 1.29 is 4.79 Å². The summed E-state index contributed by atoms with van der Waals surface area (Å²) in [7, 11) is 0. The Morgan fingerprint density at radius 3 is 2.75 bits per heavy atom. The molecule has 0 radical (unpaired) electrons. The van der Waals surface area contributed by atoms with Crippen LogP contribution < -0.4 is 0 Å². The summed E-state index contributed by atoms with van der Waals surface area (Å²) >= 11 is 3.63. The van der Waals surface area contributed by atoms with Crippen LogP contribution in [0.25, 0.3) is 0 Å². The number of amides is 1. The van der Waals surface area contributed by atoms with Crippen LogP contribution in [0, 0.1) is 0 Å². The average Bonchev–Trinajstić information content (AvgIpc) is 2.12. The number of halogens is 1. The number of nitrogens with zero attached hydrogens (tertiary/aromatic N) is 1. The van der Waals surface area contributed by atoms with Crippen LogP contribution in [0.1, 0.15) is 0 Å². The standard InChI is InChI=1S/C4H6INOS/c5-4(7)6-1-2-8-3-6/h1-3H2. The molecule has 0 aromatic rings. The molecule has 8 heavy (non-hydrogen) atoms. The Morgan fingerprint density at radius 2 is 2.50 bits per heavy atom. The van der Waals surface area contributed by atoms with Crippen LogP contribution >= 0.6 is 34.4 Å². The lowest BCUT2D eigenvalue weighted by molar-refractivity contribution is 0.238. The van der Waals surface area contributed by atoms with Crippen LogP contribution in [0.5, 0.6) is 0 Å². The van der Waals surface area contributed by atoms with Crippen LogP contribution in [0.2, 0.25) is 0 Å². The summed E-state index contributed by atoms with van der Waals surface area (Å²) in [6, 6.07) is 0. The van der Waals surface area contributed by atoms with E-state index in [1.807, 2.05) is 39.3 Å². The van der Waals surface area contributed by atoms with Gasteiger partial charge in [-0.2, -0.15) is 0 Å². The smallest absolute Gasteiger partial charge is 0.283 e. The van der Waals surface area contributed by atoms with Gasteiger partial charge in [0.2, 0.25) is 0 Å². The SMILES string of the molecule is O=C(I)N1CCSC1. The highest BCUT2D eigenvalue weighted by Crippen LogP contribution is 2.15. The molecule has 4 heteroatoms. The van der Waals surface area contributed by atoms with Gasteiger partial charge in [-0.1, -0.05) is 0 Å². The van der Waals surface area contributed by atoms with E-state index < -0.39 is 0 Å². The van der Waals surface area contributed by atoms with Gasteiger partial charge in [0, 0.05) is 34.9 Å². The molecule has 0 N–H and O–H groups in total. The van der Waals surface area contributed by atoms with Gasteiger partial charge in [-0.15, -0.1) is 11.8 Å². The van der Waals surface area contributed by atoms with E-state index in [9.17, 15) is 4.79 Å². The summed E-state index contributed by atoms with van der Waals surface area (Å²) in [6.45, 7) is 0.937. The first kappa shape index (κ1) is 6.67.